The number of nitrogens with one attached hydrogen (secondary N) is 1. The molecule has 2 rings (SSSR count). The second-order valence-corrected chi connectivity index (χ2v) is 5.94. The van der Waals surface area contributed by atoms with E-state index in [9.17, 15) is 4.79 Å². The van der Waals surface area contributed by atoms with Crippen LogP contribution >= 0.6 is 15.9 Å². The summed E-state index contributed by atoms with van der Waals surface area (Å²) in [6, 6.07) is 7.49. The van der Waals surface area contributed by atoms with Gasteiger partial charge in [-0.15, -0.1) is 0 Å². The second-order valence-electron chi connectivity index (χ2n) is 5.02. The van der Waals surface area contributed by atoms with Crippen LogP contribution in [-0.4, -0.2) is 37.0 Å². The minimum atomic E-state index is 0.0162. The number of carbonyl (C=O) groups is 1. The standard InChI is InChI=1S/C15H21BrN2O/c16-14-7-5-6-13(12-14)15(19)17-8-1-2-9-18-10-3-4-11-18/h5-7,12H,1-4,8-11H2,(H,17,19). The molecule has 1 aliphatic rings. The Bertz CT molecular complexity index is 416. The summed E-state index contributed by atoms with van der Waals surface area (Å²) < 4.78 is 0.939. The highest BCUT2D eigenvalue weighted by atomic mass is 79.9. The topological polar surface area (TPSA) is 32.3 Å². The molecule has 0 atom stereocenters. The molecule has 0 spiro atoms. The van der Waals surface area contributed by atoms with Crippen LogP contribution in [0.25, 0.3) is 0 Å². The first-order chi connectivity index (χ1) is 9.25. The van der Waals surface area contributed by atoms with Crippen molar-refractivity contribution in [1.82, 2.24) is 10.2 Å². The van der Waals surface area contributed by atoms with Gasteiger partial charge >= 0.3 is 0 Å². The van der Waals surface area contributed by atoms with Crippen LogP contribution in [0.4, 0.5) is 0 Å². The van der Waals surface area contributed by atoms with Crippen LogP contribution in [0.1, 0.15) is 36.0 Å². The average Bonchev–Trinajstić information content (AvgIpc) is 2.91. The van der Waals surface area contributed by atoms with Crippen molar-refractivity contribution < 1.29 is 4.79 Å². The average molecular weight is 325 g/mol. The second kappa shape index (κ2) is 7.65. The van der Waals surface area contributed by atoms with Crippen LogP contribution in [0.15, 0.2) is 28.7 Å². The Morgan fingerprint density at radius 1 is 1.26 bits per heavy atom. The Balaban J connectivity index is 1.61. The number of benzene rings is 1. The van der Waals surface area contributed by atoms with E-state index in [1.807, 2.05) is 24.3 Å². The van der Waals surface area contributed by atoms with Crippen molar-refractivity contribution in [1.29, 1.82) is 0 Å². The molecule has 1 aromatic carbocycles. The monoisotopic (exact) mass is 324 g/mol. The SMILES string of the molecule is O=C(NCCCCN1CCCC1)c1cccc(Br)c1. The van der Waals surface area contributed by atoms with E-state index >= 15 is 0 Å². The van der Waals surface area contributed by atoms with Crippen molar-refractivity contribution in [3.8, 4) is 0 Å². The van der Waals surface area contributed by atoms with Gasteiger partial charge in [-0.1, -0.05) is 22.0 Å². The minimum Gasteiger partial charge on any atom is -0.352 e. The highest BCUT2D eigenvalue weighted by Crippen LogP contribution is 2.11. The third-order valence-electron chi connectivity index (χ3n) is 3.47. The maximum Gasteiger partial charge on any atom is 0.251 e. The number of hydrogen-bond acceptors (Lipinski definition) is 2. The van der Waals surface area contributed by atoms with Gasteiger partial charge in [-0.2, -0.15) is 0 Å². The van der Waals surface area contributed by atoms with Gasteiger partial charge in [0.15, 0.2) is 0 Å². The number of nitrogens with zero attached hydrogens (tertiary/aromatic N) is 1. The first-order valence-electron chi connectivity index (χ1n) is 7.02. The molecule has 1 saturated heterocycles. The van der Waals surface area contributed by atoms with Gasteiger partial charge in [-0.05, 0) is 63.5 Å². The van der Waals surface area contributed by atoms with E-state index < -0.39 is 0 Å². The fourth-order valence-corrected chi connectivity index (χ4v) is 2.80. The first kappa shape index (κ1) is 14.5. The number of amides is 1. The quantitative estimate of drug-likeness (QED) is 0.816. The summed E-state index contributed by atoms with van der Waals surface area (Å²) in [6.07, 6.45) is 4.91. The van der Waals surface area contributed by atoms with Gasteiger partial charge in [0, 0.05) is 16.6 Å². The zero-order chi connectivity index (χ0) is 13.5. The molecule has 104 valence electrons. The number of likely N-dealkylation sites (tertiary alicyclic amines) is 1. The summed E-state index contributed by atoms with van der Waals surface area (Å²) in [5, 5.41) is 2.97. The van der Waals surface area contributed by atoms with E-state index in [0.29, 0.717) is 5.56 Å². The van der Waals surface area contributed by atoms with Gasteiger partial charge in [0.1, 0.15) is 0 Å². The Hall–Kier alpha value is -0.870. The van der Waals surface area contributed by atoms with Crippen molar-refractivity contribution in [2.75, 3.05) is 26.2 Å². The van der Waals surface area contributed by atoms with Gasteiger partial charge in [-0.3, -0.25) is 4.79 Å². The van der Waals surface area contributed by atoms with E-state index in [0.717, 1.165) is 17.4 Å². The third kappa shape index (κ3) is 4.96. The lowest BCUT2D eigenvalue weighted by Crippen LogP contribution is -2.26. The molecule has 1 amide bonds. The fraction of sp³-hybridized carbons (Fsp3) is 0.533. The minimum absolute atomic E-state index is 0.0162. The molecule has 0 aromatic heterocycles. The van der Waals surface area contributed by atoms with Crippen LogP contribution < -0.4 is 5.32 Å². The number of rotatable bonds is 6. The molecule has 0 radical (unpaired) electrons. The van der Waals surface area contributed by atoms with E-state index in [1.54, 1.807) is 0 Å². The smallest absolute Gasteiger partial charge is 0.251 e. The molecule has 1 fully saturated rings. The lowest BCUT2D eigenvalue weighted by Gasteiger charge is -2.14. The Morgan fingerprint density at radius 2 is 2.05 bits per heavy atom. The summed E-state index contributed by atoms with van der Waals surface area (Å²) in [4.78, 5) is 14.4. The van der Waals surface area contributed by atoms with Gasteiger partial charge in [0.25, 0.3) is 5.91 Å². The lowest BCUT2D eigenvalue weighted by atomic mass is 10.2. The van der Waals surface area contributed by atoms with Crippen LogP contribution in [0.2, 0.25) is 0 Å². The van der Waals surface area contributed by atoms with Crippen molar-refractivity contribution in [3.05, 3.63) is 34.3 Å². The molecular formula is C15H21BrN2O. The molecule has 19 heavy (non-hydrogen) atoms. The normalized spacial score (nSPS) is 15.6. The zero-order valence-electron chi connectivity index (χ0n) is 11.2. The Kier molecular flexibility index (Phi) is 5.86. The van der Waals surface area contributed by atoms with Crippen LogP contribution in [0, 0.1) is 0 Å². The van der Waals surface area contributed by atoms with E-state index in [4.69, 9.17) is 0 Å². The first-order valence-corrected chi connectivity index (χ1v) is 7.81. The third-order valence-corrected chi connectivity index (χ3v) is 3.97. The van der Waals surface area contributed by atoms with Crippen molar-refractivity contribution in [3.63, 3.8) is 0 Å². The Morgan fingerprint density at radius 3 is 2.79 bits per heavy atom. The molecule has 4 heteroatoms. The zero-order valence-corrected chi connectivity index (χ0v) is 12.8. The lowest BCUT2D eigenvalue weighted by molar-refractivity contribution is 0.0952. The molecule has 0 aliphatic carbocycles. The summed E-state index contributed by atoms with van der Waals surface area (Å²) in [5.41, 5.74) is 0.717. The summed E-state index contributed by atoms with van der Waals surface area (Å²) in [7, 11) is 0. The largest absolute Gasteiger partial charge is 0.352 e. The molecule has 1 N–H and O–H groups in total. The molecule has 0 unspecified atom stereocenters. The highest BCUT2D eigenvalue weighted by molar-refractivity contribution is 9.10. The number of carbonyl (C=O) groups excluding carboxylic acids is 1. The van der Waals surface area contributed by atoms with Gasteiger partial charge in [0.2, 0.25) is 0 Å². The molecule has 0 saturated carbocycles. The summed E-state index contributed by atoms with van der Waals surface area (Å²) in [5.74, 6) is 0.0162. The molecule has 1 heterocycles. The van der Waals surface area contributed by atoms with E-state index in [-0.39, 0.29) is 5.91 Å². The maximum absolute atomic E-state index is 11.9. The number of unbranched alkanes of at least 4 members (excludes halogenated alkanes) is 1. The van der Waals surface area contributed by atoms with E-state index in [2.05, 4.69) is 26.1 Å². The molecule has 0 bridgehead atoms. The maximum atomic E-state index is 11.9. The van der Waals surface area contributed by atoms with Crippen molar-refractivity contribution >= 4 is 21.8 Å². The van der Waals surface area contributed by atoms with E-state index in [1.165, 1.54) is 38.9 Å². The van der Waals surface area contributed by atoms with Crippen molar-refractivity contribution in [2.24, 2.45) is 0 Å². The predicted molar refractivity (Wildman–Crippen MR) is 81.4 cm³/mol. The van der Waals surface area contributed by atoms with Crippen LogP contribution in [0.5, 0.6) is 0 Å². The molecule has 1 aromatic rings. The van der Waals surface area contributed by atoms with Gasteiger partial charge in [-0.25, -0.2) is 0 Å². The summed E-state index contributed by atoms with van der Waals surface area (Å²) in [6.45, 7) is 4.45. The molecule has 1 aliphatic heterocycles. The fourth-order valence-electron chi connectivity index (χ4n) is 2.40. The molecule has 3 nitrogen and oxygen atoms in total. The summed E-state index contributed by atoms with van der Waals surface area (Å²) >= 11 is 3.38. The van der Waals surface area contributed by atoms with Crippen LogP contribution in [-0.2, 0) is 0 Å². The van der Waals surface area contributed by atoms with Crippen LogP contribution in [0.3, 0.4) is 0 Å². The van der Waals surface area contributed by atoms with Crippen molar-refractivity contribution in [2.45, 2.75) is 25.7 Å². The predicted octanol–water partition coefficient (Wildman–Crippen LogP) is 3.05. The molecular weight excluding hydrogens is 304 g/mol. The number of hydrogen-bond donors (Lipinski definition) is 1. The number of halogens is 1. The van der Waals surface area contributed by atoms with Gasteiger partial charge in [0.05, 0.1) is 0 Å². The highest BCUT2D eigenvalue weighted by Gasteiger charge is 2.10. The van der Waals surface area contributed by atoms with Gasteiger partial charge < -0.3 is 10.2 Å². The Labute approximate surface area is 123 Å².